The van der Waals surface area contributed by atoms with Crippen molar-refractivity contribution in [2.24, 2.45) is 12.8 Å². The Labute approximate surface area is 145 Å². The van der Waals surface area contributed by atoms with Gasteiger partial charge in [0.05, 0.1) is 17.4 Å². The molecule has 0 bridgehead atoms. The summed E-state index contributed by atoms with van der Waals surface area (Å²) in [5.74, 6) is 1.12. The van der Waals surface area contributed by atoms with Crippen molar-refractivity contribution in [3.05, 3.63) is 48.3 Å². The van der Waals surface area contributed by atoms with Gasteiger partial charge in [0.1, 0.15) is 5.82 Å². The van der Waals surface area contributed by atoms with Crippen LogP contribution in [-0.4, -0.2) is 49.5 Å². The van der Waals surface area contributed by atoms with E-state index in [9.17, 15) is 4.79 Å². The molecule has 1 amide bonds. The zero-order valence-electron chi connectivity index (χ0n) is 14.2. The highest BCUT2D eigenvalue weighted by molar-refractivity contribution is 5.78. The quantitative estimate of drug-likeness (QED) is 0.747. The van der Waals surface area contributed by atoms with Crippen LogP contribution in [0, 0.1) is 0 Å². The van der Waals surface area contributed by atoms with Crippen LogP contribution < -0.4 is 5.73 Å². The number of amides is 1. The van der Waals surface area contributed by atoms with Crippen molar-refractivity contribution in [3.63, 3.8) is 0 Å². The number of aryl methyl sites for hydroxylation is 2. The molecule has 7 heteroatoms. The lowest BCUT2D eigenvalue weighted by molar-refractivity contribution is -0.130. The minimum absolute atomic E-state index is 0.0504. The molecule has 0 unspecified atom stereocenters. The van der Waals surface area contributed by atoms with Crippen molar-refractivity contribution in [1.82, 2.24) is 24.4 Å². The highest BCUT2D eigenvalue weighted by Gasteiger charge is 2.35. The highest BCUT2D eigenvalue weighted by atomic mass is 16.2. The number of para-hydroxylation sites is 2. The Morgan fingerprint density at radius 3 is 2.96 bits per heavy atom. The van der Waals surface area contributed by atoms with Crippen molar-refractivity contribution in [2.45, 2.75) is 24.8 Å². The van der Waals surface area contributed by atoms with Crippen LogP contribution in [0.25, 0.3) is 11.0 Å². The highest BCUT2D eigenvalue weighted by Crippen LogP contribution is 2.26. The first-order valence-corrected chi connectivity index (χ1v) is 8.55. The molecule has 2 aromatic heterocycles. The fourth-order valence-corrected chi connectivity index (χ4v) is 3.58. The number of nitrogens with one attached hydrogen (secondary N) is 1. The molecule has 0 spiro atoms. The Balaban J connectivity index is 1.39. The number of carbonyl (C=O) groups is 1. The normalized spacial score (nSPS) is 20.5. The molecule has 25 heavy (non-hydrogen) atoms. The summed E-state index contributed by atoms with van der Waals surface area (Å²) in [6.45, 7) is 1.24. The number of hydrogen-bond acceptors (Lipinski definition) is 4. The number of aromatic nitrogens is 4. The fourth-order valence-electron chi connectivity index (χ4n) is 3.58. The Kier molecular flexibility index (Phi) is 4.01. The first-order valence-electron chi connectivity index (χ1n) is 8.55. The molecule has 1 fully saturated rings. The number of nitrogens with zero attached hydrogens (tertiary/aromatic N) is 4. The molecular weight excluding hydrogens is 316 g/mol. The van der Waals surface area contributed by atoms with Crippen LogP contribution in [0.4, 0.5) is 0 Å². The number of carbonyl (C=O) groups excluding carboxylic acids is 1. The van der Waals surface area contributed by atoms with Crippen LogP contribution >= 0.6 is 0 Å². The van der Waals surface area contributed by atoms with E-state index in [1.807, 2.05) is 47.0 Å². The van der Waals surface area contributed by atoms with Crippen LogP contribution in [0.2, 0.25) is 0 Å². The number of likely N-dealkylation sites (tertiary alicyclic amines) is 1. The van der Waals surface area contributed by atoms with Gasteiger partial charge in [0.25, 0.3) is 0 Å². The van der Waals surface area contributed by atoms with Crippen molar-refractivity contribution in [1.29, 1.82) is 0 Å². The van der Waals surface area contributed by atoms with Gasteiger partial charge in [0.15, 0.2) is 0 Å². The van der Waals surface area contributed by atoms with Crippen molar-refractivity contribution in [2.75, 3.05) is 13.1 Å². The maximum Gasteiger partial charge on any atom is 0.223 e. The molecule has 1 aliphatic rings. The third-order valence-corrected chi connectivity index (χ3v) is 4.97. The second-order valence-corrected chi connectivity index (χ2v) is 6.70. The Bertz CT molecular complexity index is 865. The first kappa shape index (κ1) is 15.8. The van der Waals surface area contributed by atoms with E-state index in [1.165, 1.54) is 0 Å². The van der Waals surface area contributed by atoms with Gasteiger partial charge >= 0.3 is 0 Å². The Morgan fingerprint density at radius 2 is 2.20 bits per heavy atom. The number of hydrogen-bond donors (Lipinski definition) is 2. The van der Waals surface area contributed by atoms with Crippen LogP contribution in [0.5, 0.6) is 0 Å². The third-order valence-electron chi connectivity index (χ3n) is 4.97. The first-order chi connectivity index (χ1) is 12.1. The van der Waals surface area contributed by atoms with Gasteiger partial charge in [-0.25, -0.2) is 9.97 Å². The second kappa shape index (κ2) is 6.33. The van der Waals surface area contributed by atoms with E-state index < -0.39 is 0 Å². The standard InChI is InChI=1S/C18H22N6O/c1-23-11-20-8-16(23)12-9-24(10-13(12)19)18(25)7-6-17-21-14-4-2-3-5-15(14)22-17/h2-5,8,11-13H,6-7,9-10,19H2,1H3,(H,21,22)/t12-,13-/m1/s1. The molecular formula is C18H22N6O. The molecule has 0 saturated carbocycles. The summed E-state index contributed by atoms with van der Waals surface area (Å²) in [6.07, 6.45) is 4.65. The molecule has 0 aliphatic carbocycles. The molecule has 3 heterocycles. The summed E-state index contributed by atoms with van der Waals surface area (Å²) in [4.78, 5) is 26.4. The number of imidazole rings is 2. The molecule has 7 nitrogen and oxygen atoms in total. The van der Waals surface area contributed by atoms with Crippen molar-refractivity contribution < 1.29 is 4.79 Å². The van der Waals surface area contributed by atoms with Gasteiger partial charge in [-0.2, -0.15) is 0 Å². The smallest absolute Gasteiger partial charge is 0.223 e. The lowest BCUT2D eigenvalue weighted by Gasteiger charge is -2.16. The fraction of sp³-hybridized carbons (Fsp3) is 0.389. The third kappa shape index (κ3) is 3.02. The lowest BCUT2D eigenvalue weighted by atomic mass is 10.0. The number of H-pyrrole nitrogens is 1. The summed E-state index contributed by atoms with van der Waals surface area (Å²) in [7, 11) is 1.96. The van der Waals surface area contributed by atoms with Gasteiger partial charge in [-0.15, -0.1) is 0 Å². The van der Waals surface area contributed by atoms with Crippen molar-refractivity contribution >= 4 is 16.9 Å². The summed E-state index contributed by atoms with van der Waals surface area (Å²) >= 11 is 0. The summed E-state index contributed by atoms with van der Waals surface area (Å²) in [5.41, 5.74) is 9.29. The molecule has 2 atom stereocenters. The molecule has 1 aliphatic heterocycles. The Hall–Kier alpha value is -2.67. The van der Waals surface area contributed by atoms with Crippen LogP contribution in [0.15, 0.2) is 36.8 Å². The van der Waals surface area contributed by atoms with E-state index in [0.29, 0.717) is 25.9 Å². The average molecular weight is 338 g/mol. The van der Waals surface area contributed by atoms with E-state index in [2.05, 4.69) is 15.0 Å². The maximum atomic E-state index is 12.6. The van der Waals surface area contributed by atoms with Gasteiger partial charge in [0, 0.05) is 56.8 Å². The molecule has 0 radical (unpaired) electrons. The molecule has 3 aromatic rings. The molecule has 4 rings (SSSR count). The van der Waals surface area contributed by atoms with E-state index in [1.54, 1.807) is 6.33 Å². The topological polar surface area (TPSA) is 92.8 Å². The number of benzene rings is 1. The van der Waals surface area contributed by atoms with E-state index >= 15 is 0 Å². The van der Waals surface area contributed by atoms with E-state index in [0.717, 1.165) is 22.6 Å². The largest absolute Gasteiger partial charge is 0.342 e. The van der Waals surface area contributed by atoms with E-state index in [-0.39, 0.29) is 17.9 Å². The summed E-state index contributed by atoms with van der Waals surface area (Å²) in [5, 5.41) is 0. The number of rotatable bonds is 4. The Morgan fingerprint density at radius 1 is 1.36 bits per heavy atom. The summed E-state index contributed by atoms with van der Waals surface area (Å²) in [6, 6.07) is 7.84. The molecule has 1 saturated heterocycles. The second-order valence-electron chi connectivity index (χ2n) is 6.70. The van der Waals surface area contributed by atoms with Crippen LogP contribution in [0.3, 0.4) is 0 Å². The minimum Gasteiger partial charge on any atom is -0.342 e. The van der Waals surface area contributed by atoms with Crippen molar-refractivity contribution in [3.8, 4) is 0 Å². The summed E-state index contributed by atoms with van der Waals surface area (Å²) < 4.78 is 1.98. The zero-order chi connectivity index (χ0) is 17.4. The number of nitrogens with two attached hydrogens (primary N) is 1. The maximum absolute atomic E-state index is 12.6. The average Bonchev–Trinajstić information content (AvgIpc) is 3.30. The zero-order valence-corrected chi connectivity index (χ0v) is 14.2. The monoisotopic (exact) mass is 338 g/mol. The van der Waals surface area contributed by atoms with Gasteiger partial charge < -0.3 is 20.2 Å². The van der Waals surface area contributed by atoms with Crippen LogP contribution in [-0.2, 0) is 18.3 Å². The molecule has 130 valence electrons. The van der Waals surface area contributed by atoms with Gasteiger partial charge in [-0.3, -0.25) is 4.79 Å². The molecule has 1 aromatic carbocycles. The van der Waals surface area contributed by atoms with Crippen LogP contribution in [0.1, 0.15) is 23.9 Å². The minimum atomic E-state index is -0.0504. The van der Waals surface area contributed by atoms with E-state index in [4.69, 9.17) is 5.73 Å². The van der Waals surface area contributed by atoms with Gasteiger partial charge in [-0.05, 0) is 12.1 Å². The van der Waals surface area contributed by atoms with Gasteiger partial charge in [0.2, 0.25) is 5.91 Å². The predicted octanol–water partition coefficient (Wildman–Crippen LogP) is 1.18. The predicted molar refractivity (Wildman–Crippen MR) is 94.9 cm³/mol. The molecule has 3 N–H and O–H groups in total. The number of aromatic amines is 1. The van der Waals surface area contributed by atoms with Gasteiger partial charge in [-0.1, -0.05) is 12.1 Å². The lowest BCUT2D eigenvalue weighted by Crippen LogP contribution is -2.32. The number of fused-ring (bicyclic) bond motifs is 1. The SMILES string of the molecule is Cn1cncc1[C@@H]1CN(C(=O)CCc2nc3ccccc3[nH]2)C[C@H]1N.